The van der Waals surface area contributed by atoms with E-state index in [0.29, 0.717) is 0 Å². The summed E-state index contributed by atoms with van der Waals surface area (Å²) in [4.78, 5) is 11.8. The summed E-state index contributed by atoms with van der Waals surface area (Å²) >= 11 is 0. The minimum Gasteiger partial charge on any atom is -0.319 e. The monoisotopic (exact) mass is 257 g/mol. The van der Waals surface area contributed by atoms with E-state index in [1.165, 1.54) is 33.3 Å². The second-order valence-corrected chi connectivity index (χ2v) is 5.75. The Morgan fingerprint density at radius 1 is 1.00 bits per heavy atom. The number of fused-ring (bicyclic) bond motifs is 1. The first-order valence-corrected chi connectivity index (χ1v) is 6.85. The molecular formula is C17H23NO. The Kier molecular flexibility index (Phi) is 3.29. The summed E-state index contributed by atoms with van der Waals surface area (Å²) in [6, 6.07) is 0. The molecule has 2 aromatic rings. The zero-order chi connectivity index (χ0) is 14.5. The normalized spacial score (nSPS) is 13.0. The van der Waals surface area contributed by atoms with Crippen LogP contribution in [0.4, 0.5) is 0 Å². The van der Waals surface area contributed by atoms with Crippen molar-refractivity contribution in [2.24, 2.45) is 0 Å². The molecule has 0 N–H and O–H groups in total. The molecule has 2 aromatic heterocycles. The third kappa shape index (κ3) is 1.90. The zero-order valence-electron chi connectivity index (χ0n) is 13.0. The van der Waals surface area contributed by atoms with E-state index < -0.39 is 0 Å². The SMILES string of the molecule is CC(=O)C(C)c1c(C)c(C)c(C)c2c(C)c(C)cn12. The van der Waals surface area contributed by atoms with Crippen molar-refractivity contribution < 1.29 is 4.79 Å². The van der Waals surface area contributed by atoms with Gasteiger partial charge in [-0.3, -0.25) is 4.79 Å². The van der Waals surface area contributed by atoms with Gasteiger partial charge in [0, 0.05) is 11.9 Å². The predicted octanol–water partition coefficient (Wildman–Crippen LogP) is 4.17. The van der Waals surface area contributed by atoms with Crippen molar-refractivity contribution in [1.29, 1.82) is 0 Å². The number of pyridine rings is 1. The molecule has 0 radical (unpaired) electrons. The van der Waals surface area contributed by atoms with Crippen LogP contribution in [0.2, 0.25) is 0 Å². The summed E-state index contributed by atoms with van der Waals surface area (Å²) in [6.07, 6.45) is 2.17. The minimum absolute atomic E-state index is 0.0620. The molecule has 0 bridgehead atoms. The average molecular weight is 257 g/mol. The van der Waals surface area contributed by atoms with Gasteiger partial charge in [0.05, 0.1) is 11.4 Å². The van der Waals surface area contributed by atoms with E-state index in [4.69, 9.17) is 0 Å². The number of carbonyl (C=O) groups is 1. The van der Waals surface area contributed by atoms with Crippen LogP contribution in [0.25, 0.3) is 5.52 Å². The van der Waals surface area contributed by atoms with Crippen LogP contribution in [-0.2, 0) is 4.79 Å². The van der Waals surface area contributed by atoms with E-state index in [2.05, 4.69) is 45.2 Å². The van der Waals surface area contributed by atoms with E-state index >= 15 is 0 Å². The molecule has 0 aromatic carbocycles. The molecule has 0 fully saturated rings. The highest BCUT2D eigenvalue weighted by atomic mass is 16.1. The molecule has 0 aliphatic heterocycles. The quantitative estimate of drug-likeness (QED) is 0.791. The molecule has 2 heterocycles. The van der Waals surface area contributed by atoms with Gasteiger partial charge >= 0.3 is 0 Å². The summed E-state index contributed by atoms with van der Waals surface area (Å²) in [5.41, 5.74) is 8.87. The fraction of sp³-hybridized carbons (Fsp3) is 0.471. The molecule has 0 aliphatic carbocycles. The molecule has 2 heteroatoms. The Hall–Kier alpha value is -1.57. The van der Waals surface area contributed by atoms with Gasteiger partial charge in [0.25, 0.3) is 0 Å². The van der Waals surface area contributed by atoms with Crippen molar-refractivity contribution in [3.05, 3.63) is 39.7 Å². The first-order chi connectivity index (χ1) is 8.77. The fourth-order valence-electron chi connectivity index (χ4n) is 2.93. The van der Waals surface area contributed by atoms with E-state index in [-0.39, 0.29) is 11.7 Å². The van der Waals surface area contributed by atoms with Gasteiger partial charge in [-0.1, -0.05) is 0 Å². The number of ketones is 1. The Morgan fingerprint density at radius 2 is 1.58 bits per heavy atom. The van der Waals surface area contributed by atoms with Crippen LogP contribution in [0, 0.1) is 34.6 Å². The Balaban J connectivity index is 2.98. The minimum atomic E-state index is -0.0620. The number of hydrogen-bond acceptors (Lipinski definition) is 1. The highest BCUT2D eigenvalue weighted by Gasteiger charge is 2.21. The third-order valence-electron chi connectivity index (χ3n) is 4.65. The number of hydrogen-bond donors (Lipinski definition) is 0. The van der Waals surface area contributed by atoms with Gasteiger partial charge in [0.1, 0.15) is 5.78 Å². The molecule has 2 rings (SSSR count). The van der Waals surface area contributed by atoms with Crippen molar-refractivity contribution in [2.75, 3.05) is 0 Å². The van der Waals surface area contributed by atoms with Crippen LogP contribution in [0.3, 0.4) is 0 Å². The molecule has 102 valence electrons. The van der Waals surface area contributed by atoms with Crippen molar-refractivity contribution >= 4 is 11.3 Å². The lowest BCUT2D eigenvalue weighted by Crippen LogP contribution is -2.13. The molecule has 1 atom stereocenters. The lowest BCUT2D eigenvalue weighted by molar-refractivity contribution is -0.118. The van der Waals surface area contributed by atoms with Gasteiger partial charge in [-0.15, -0.1) is 0 Å². The van der Waals surface area contributed by atoms with Crippen LogP contribution < -0.4 is 0 Å². The topological polar surface area (TPSA) is 21.5 Å². The van der Waals surface area contributed by atoms with Crippen molar-refractivity contribution in [2.45, 2.75) is 54.4 Å². The van der Waals surface area contributed by atoms with Crippen LogP contribution in [0.5, 0.6) is 0 Å². The maximum atomic E-state index is 11.8. The smallest absolute Gasteiger partial charge is 0.138 e. The van der Waals surface area contributed by atoms with E-state index in [0.717, 1.165) is 5.69 Å². The van der Waals surface area contributed by atoms with E-state index in [1.54, 1.807) is 6.92 Å². The van der Waals surface area contributed by atoms with Gasteiger partial charge in [0.15, 0.2) is 0 Å². The lowest BCUT2D eigenvalue weighted by atomic mass is 9.93. The zero-order valence-corrected chi connectivity index (χ0v) is 13.0. The number of carbonyl (C=O) groups excluding carboxylic acids is 1. The second kappa shape index (κ2) is 4.52. The summed E-state index contributed by atoms with van der Waals surface area (Å²) in [5, 5.41) is 0. The van der Waals surface area contributed by atoms with Crippen LogP contribution in [0.15, 0.2) is 6.20 Å². The largest absolute Gasteiger partial charge is 0.319 e. The average Bonchev–Trinajstić information content (AvgIpc) is 2.63. The van der Waals surface area contributed by atoms with Crippen LogP contribution in [0.1, 0.15) is 53.3 Å². The number of nitrogens with zero attached hydrogens (tertiary/aromatic N) is 1. The van der Waals surface area contributed by atoms with Gasteiger partial charge in [-0.2, -0.15) is 0 Å². The molecule has 19 heavy (non-hydrogen) atoms. The van der Waals surface area contributed by atoms with Gasteiger partial charge < -0.3 is 4.40 Å². The van der Waals surface area contributed by atoms with Crippen molar-refractivity contribution in [3.63, 3.8) is 0 Å². The van der Waals surface area contributed by atoms with Crippen LogP contribution >= 0.6 is 0 Å². The summed E-state index contributed by atoms with van der Waals surface area (Å²) in [7, 11) is 0. The van der Waals surface area contributed by atoms with E-state index in [1.807, 2.05) is 6.92 Å². The third-order valence-corrected chi connectivity index (χ3v) is 4.65. The first kappa shape index (κ1) is 13.9. The summed E-state index contributed by atoms with van der Waals surface area (Å²) < 4.78 is 2.23. The number of aryl methyl sites for hydroxylation is 3. The Morgan fingerprint density at radius 3 is 2.11 bits per heavy atom. The van der Waals surface area contributed by atoms with Crippen LogP contribution in [-0.4, -0.2) is 10.2 Å². The molecule has 0 saturated heterocycles. The first-order valence-electron chi connectivity index (χ1n) is 6.85. The molecule has 0 aliphatic rings. The van der Waals surface area contributed by atoms with Gasteiger partial charge in [-0.25, -0.2) is 0 Å². The highest BCUT2D eigenvalue weighted by Crippen LogP contribution is 2.31. The Labute approximate surface area is 115 Å². The summed E-state index contributed by atoms with van der Waals surface area (Å²) in [6.45, 7) is 14.4. The molecular weight excluding hydrogens is 234 g/mol. The predicted molar refractivity (Wildman–Crippen MR) is 80.2 cm³/mol. The number of Topliss-reactive ketones (excluding diaryl/α,β-unsaturated/α-hetero) is 1. The molecule has 0 amide bonds. The number of aromatic nitrogens is 1. The molecule has 1 unspecified atom stereocenters. The highest BCUT2D eigenvalue weighted by molar-refractivity contribution is 5.84. The van der Waals surface area contributed by atoms with Crippen molar-refractivity contribution in [1.82, 2.24) is 4.40 Å². The maximum absolute atomic E-state index is 11.8. The van der Waals surface area contributed by atoms with Crippen molar-refractivity contribution in [3.8, 4) is 0 Å². The molecule has 0 spiro atoms. The van der Waals surface area contributed by atoms with Gasteiger partial charge in [0.2, 0.25) is 0 Å². The Bertz CT molecular complexity index is 677. The van der Waals surface area contributed by atoms with Gasteiger partial charge in [-0.05, 0) is 76.3 Å². The maximum Gasteiger partial charge on any atom is 0.138 e. The fourth-order valence-corrected chi connectivity index (χ4v) is 2.93. The summed E-state index contributed by atoms with van der Waals surface area (Å²) in [5.74, 6) is 0.157. The number of rotatable bonds is 2. The standard InChI is InChI=1S/C17H23NO/c1-9-8-18-16(10(9)2)12(4)11(3)13(5)17(18)14(6)15(7)19/h8,14H,1-7H3. The lowest BCUT2D eigenvalue weighted by Gasteiger charge is -2.20. The van der Waals surface area contributed by atoms with E-state index in [9.17, 15) is 4.79 Å². The molecule has 0 saturated carbocycles. The molecule has 2 nitrogen and oxygen atoms in total. The second-order valence-electron chi connectivity index (χ2n) is 5.75.